The first-order valence-corrected chi connectivity index (χ1v) is 7.07. The number of aromatic nitrogens is 1. The quantitative estimate of drug-likeness (QED) is 0.848. The van der Waals surface area contributed by atoms with Gasteiger partial charge in [-0.25, -0.2) is 14.7 Å². The lowest BCUT2D eigenvalue weighted by atomic mass is 10.2. The van der Waals surface area contributed by atoms with E-state index in [1.165, 1.54) is 11.3 Å². The monoisotopic (exact) mass is 324 g/mol. The van der Waals surface area contributed by atoms with E-state index < -0.39 is 0 Å². The van der Waals surface area contributed by atoms with Gasteiger partial charge in [-0.3, -0.25) is 0 Å². The zero-order valence-electron chi connectivity index (χ0n) is 9.30. The minimum Gasteiger partial charge on any atom is -0.447 e. The molecule has 6 heteroatoms. The largest absolute Gasteiger partial charge is 0.447 e. The van der Waals surface area contributed by atoms with Crippen LogP contribution in [0.3, 0.4) is 0 Å². The summed E-state index contributed by atoms with van der Waals surface area (Å²) in [6.07, 6.45) is -0.313. The molecule has 1 amide bonds. The SMILES string of the molecule is O=C1OCCN1c1nc(-c2ccc(Br)cc2)cs1. The van der Waals surface area contributed by atoms with E-state index in [0.717, 1.165) is 15.7 Å². The zero-order chi connectivity index (χ0) is 12.5. The highest BCUT2D eigenvalue weighted by Gasteiger charge is 2.26. The standard InChI is InChI=1S/C12H9BrN2O2S/c13-9-3-1-8(2-4-9)10-7-18-11(14-10)15-5-6-17-12(15)16/h1-4,7H,5-6H2. The van der Waals surface area contributed by atoms with Gasteiger partial charge in [0.1, 0.15) is 6.61 Å². The molecule has 0 spiro atoms. The van der Waals surface area contributed by atoms with E-state index in [1.807, 2.05) is 29.6 Å². The fourth-order valence-corrected chi connectivity index (χ4v) is 2.82. The lowest BCUT2D eigenvalue weighted by Gasteiger charge is -2.06. The molecular weight excluding hydrogens is 316 g/mol. The Balaban J connectivity index is 1.89. The summed E-state index contributed by atoms with van der Waals surface area (Å²) in [5, 5.41) is 2.64. The van der Waals surface area contributed by atoms with Crippen molar-refractivity contribution in [1.82, 2.24) is 4.98 Å². The molecule has 0 bridgehead atoms. The molecule has 2 heterocycles. The Labute approximate surface area is 116 Å². The zero-order valence-corrected chi connectivity index (χ0v) is 11.7. The van der Waals surface area contributed by atoms with Crippen molar-refractivity contribution in [3.63, 3.8) is 0 Å². The highest BCUT2D eigenvalue weighted by molar-refractivity contribution is 9.10. The molecule has 0 aliphatic carbocycles. The second-order valence-electron chi connectivity index (χ2n) is 3.79. The van der Waals surface area contributed by atoms with E-state index in [1.54, 1.807) is 4.90 Å². The van der Waals surface area contributed by atoms with Crippen LogP contribution >= 0.6 is 27.3 Å². The van der Waals surface area contributed by atoms with Gasteiger partial charge in [0.15, 0.2) is 5.13 Å². The maximum Gasteiger partial charge on any atom is 0.416 e. The molecule has 0 atom stereocenters. The van der Waals surface area contributed by atoms with Gasteiger partial charge >= 0.3 is 6.09 Å². The Bertz CT molecular complexity index is 582. The molecule has 0 unspecified atom stereocenters. The summed E-state index contributed by atoms with van der Waals surface area (Å²) in [7, 11) is 0. The van der Waals surface area contributed by atoms with Crippen LogP contribution in [0, 0.1) is 0 Å². The molecule has 0 saturated carbocycles. The normalized spacial score (nSPS) is 14.9. The summed E-state index contributed by atoms with van der Waals surface area (Å²) in [5.74, 6) is 0. The van der Waals surface area contributed by atoms with Crippen molar-refractivity contribution in [2.45, 2.75) is 0 Å². The minimum absolute atomic E-state index is 0.313. The topological polar surface area (TPSA) is 42.4 Å². The van der Waals surface area contributed by atoms with Gasteiger partial charge in [-0.15, -0.1) is 11.3 Å². The van der Waals surface area contributed by atoms with Crippen LogP contribution in [-0.2, 0) is 4.74 Å². The number of rotatable bonds is 2. The third-order valence-electron chi connectivity index (χ3n) is 2.62. The van der Waals surface area contributed by atoms with Gasteiger partial charge in [-0.2, -0.15) is 0 Å². The van der Waals surface area contributed by atoms with Gasteiger partial charge in [0.05, 0.1) is 12.2 Å². The fourth-order valence-electron chi connectivity index (χ4n) is 1.71. The third kappa shape index (κ3) is 2.13. The highest BCUT2D eigenvalue weighted by Crippen LogP contribution is 2.29. The Kier molecular flexibility index (Phi) is 3.05. The highest BCUT2D eigenvalue weighted by atomic mass is 79.9. The Morgan fingerprint density at radius 3 is 2.78 bits per heavy atom. The molecule has 3 rings (SSSR count). The van der Waals surface area contributed by atoms with Gasteiger partial charge < -0.3 is 4.74 Å². The number of hydrogen-bond donors (Lipinski definition) is 0. The number of nitrogens with zero attached hydrogens (tertiary/aromatic N) is 2. The van der Waals surface area contributed by atoms with Crippen LogP contribution < -0.4 is 4.90 Å². The molecule has 2 aromatic rings. The number of carbonyl (C=O) groups excluding carboxylic acids is 1. The summed E-state index contributed by atoms with van der Waals surface area (Å²) in [4.78, 5) is 17.5. The second kappa shape index (κ2) is 4.70. The summed E-state index contributed by atoms with van der Waals surface area (Å²) < 4.78 is 5.93. The fraction of sp³-hybridized carbons (Fsp3) is 0.167. The van der Waals surface area contributed by atoms with Gasteiger partial charge in [0, 0.05) is 15.4 Å². The van der Waals surface area contributed by atoms with Gasteiger partial charge in [-0.1, -0.05) is 28.1 Å². The maximum atomic E-state index is 11.4. The lowest BCUT2D eigenvalue weighted by Crippen LogP contribution is -2.22. The van der Waals surface area contributed by atoms with Crippen LogP contribution in [0.2, 0.25) is 0 Å². The maximum absolute atomic E-state index is 11.4. The van der Waals surface area contributed by atoms with Crippen LogP contribution in [0.15, 0.2) is 34.1 Å². The van der Waals surface area contributed by atoms with E-state index in [2.05, 4.69) is 20.9 Å². The van der Waals surface area contributed by atoms with Crippen LogP contribution in [0.1, 0.15) is 0 Å². The Hall–Kier alpha value is -1.40. The van der Waals surface area contributed by atoms with Crippen molar-refractivity contribution in [2.75, 3.05) is 18.1 Å². The average Bonchev–Trinajstić information content (AvgIpc) is 2.98. The molecule has 1 saturated heterocycles. The third-order valence-corrected chi connectivity index (χ3v) is 4.02. The number of thiazole rings is 1. The summed E-state index contributed by atoms with van der Waals surface area (Å²) in [6.45, 7) is 1.01. The van der Waals surface area contributed by atoms with Crippen LogP contribution in [0.25, 0.3) is 11.3 Å². The molecule has 1 fully saturated rings. The van der Waals surface area contributed by atoms with Crippen molar-refractivity contribution >= 4 is 38.5 Å². The molecule has 1 aliphatic heterocycles. The average molecular weight is 325 g/mol. The summed E-state index contributed by atoms with van der Waals surface area (Å²) in [6, 6.07) is 7.92. The van der Waals surface area contributed by atoms with Gasteiger partial charge in [0.25, 0.3) is 0 Å². The Morgan fingerprint density at radius 2 is 2.11 bits per heavy atom. The first kappa shape index (κ1) is 11.7. The van der Waals surface area contributed by atoms with Gasteiger partial charge in [-0.05, 0) is 12.1 Å². The Morgan fingerprint density at radius 1 is 1.33 bits per heavy atom. The second-order valence-corrected chi connectivity index (χ2v) is 5.54. The van der Waals surface area contributed by atoms with Crippen molar-refractivity contribution in [3.8, 4) is 11.3 Å². The van der Waals surface area contributed by atoms with E-state index in [4.69, 9.17) is 4.74 Å². The molecule has 4 nitrogen and oxygen atoms in total. The number of halogens is 1. The van der Waals surface area contributed by atoms with Crippen LogP contribution in [-0.4, -0.2) is 24.2 Å². The number of cyclic esters (lactones) is 1. The first-order valence-electron chi connectivity index (χ1n) is 5.40. The smallest absolute Gasteiger partial charge is 0.416 e. The number of anilines is 1. The van der Waals surface area contributed by atoms with Crippen molar-refractivity contribution in [1.29, 1.82) is 0 Å². The van der Waals surface area contributed by atoms with Crippen LogP contribution in [0.4, 0.5) is 9.93 Å². The number of ether oxygens (including phenoxy) is 1. The van der Waals surface area contributed by atoms with Crippen LogP contribution in [0.5, 0.6) is 0 Å². The predicted octanol–water partition coefficient (Wildman–Crippen LogP) is 3.53. The molecule has 0 radical (unpaired) electrons. The van der Waals surface area contributed by atoms with Crippen molar-refractivity contribution in [2.24, 2.45) is 0 Å². The van der Waals surface area contributed by atoms with E-state index >= 15 is 0 Å². The van der Waals surface area contributed by atoms with E-state index in [9.17, 15) is 4.79 Å². The lowest BCUT2D eigenvalue weighted by molar-refractivity contribution is 0.181. The van der Waals surface area contributed by atoms with Crippen molar-refractivity contribution < 1.29 is 9.53 Å². The van der Waals surface area contributed by atoms with E-state index in [-0.39, 0.29) is 6.09 Å². The first-order chi connectivity index (χ1) is 8.74. The molecule has 18 heavy (non-hydrogen) atoms. The minimum atomic E-state index is -0.313. The number of carbonyl (C=O) groups is 1. The molecule has 0 N–H and O–H groups in total. The molecule has 92 valence electrons. The molecule has 1 aromatic carbocycles. The van der Waals surface area contributed by atoms with Crippen molar-refractivity contribution in [3.05, 3.63) is 34.1 Å². The molecule has 1 aromatic heterocycles. The predicted molar refractivity (Wildman–Crippen MR) is 73.9 cm³/mol. The molecular formula is C12H9BrN2O2S. The van der Waals surface area contributed by atoms with Gasteiger partial charge in [0.2, 0.25) is 0 Å². The number of benzene rings is 1. The summed E-state index contributed by atoms with van der Waals surface area (Å²) in [5.41, 5.74) is 1.91. The summed E-state index contributed by atoms with van der Waals surface area (Å²) >= 11 is 4.85. The number of amides is 1. The molecule has 1 aliphatic rings. The number of hydrogen-bond acceptors (Lipinski definition) is 4. The van der Waals surface area contributed by atoms with E-state index in [0.29, 0.717) is 18.3 Å².